The zero-order chi connectivity index (χ0) is 41.2. The molecule has 0 atom stereocenters. The molecule has 2 nitrogen and oxygen atoms in total. The second-order valence-electron chi connectivity index (χ2n) is 17.6. The summed E-state index contributed by atoms with van der Waals surface area (Å²) < 4.78 is 0. The molecule has 3 aliphatic rings. The quantitative estimate of drug-likeness (QED) is 0.141. The molecule has 0 spiro atoms. The third-order valence-electron chi connectivity index (χ3n) is 13.7. The minimum absolute atomic E-state index is 1.07. The SMILES string of the molecule is C1=CC(c2cc(-c3c4ccc(N5CCCCC5)cc4c(-c4ccc(-c5ccccc5)c(-c5ccccc5)c4)c4ccc(N5CCCCC5)cc34)ccc2-c2ccccc2)=CCC1. The lowest BCUT2D eigenvalue weighted by Gasteiger charge is -2.30. The molecule has 2 fully saturated rings. The van der Waals surface area contributed by atoms with Gasteiger partial charge in [0.2, 0.25) is 0 Å². The van der Waals surface area contributed by atoms with Crippen LogP contribution in [-0.4, -0.2) is 26.2 Å². The summed E-state index contributed by atoms with van der Waals surface area (Å²) in [6.45, 7) is 4.44. The van der Waals surface area contributed by atoms with Crippen LogP contribution in [0.1, 0.15) is 56.9 Å². The van der Waals surface area contributed by atoms with Crippen LogP contribution >= 0.6 is 0 Å². The van der Waals surface area contributed by atoms with Gasteiger partial charge in [-0.05, 0) is 176 Å². The van der Waals surface area contributed by atoms with Crippen LogP contribution in [0.2, 0.25) is 0 Å². The van der Waals surface area contributed by atoms with Crippen LogP contribution in [0.5, 0.6) is 0 Å². The first kappa shape index (κ1) is 38.3. The summed E-state index contributed by atoms with van der Waals surface area (Å²) in [5.74, 6) is 0. The summed E-state index contributed by atoms with van der Waals surface area (Å²) in [4.78, 5) is 5.25. The van der Waals surface area contributed by atoms with Crippen LogP contribution in [-0.2, 0) is 0 Å². The Balaban J connectivity index is 1.22. The van der Waals surface area contributed by atoms with Crippen LogP contribution < -0.4 is 9.80 Å². The Kier molecular flexibility index (Phi) is 10.5. The fraction of sp³-hybridized carbons (Fsp3) is 0.200. The van der Waals surface area contributed by atoms with Gasteiger partial charge in [0.25, 0.3) is 0 Å². The fourth-order valence-corrected chi connectivity index (χ4v) is 10.6. The Morgan fingerprint density at radius 2 is 0.774 bits per heavy atom. The van der Waals surface area contributed by atoms with Crippen molar-refractivity contribution >= 4 is 38.5 Å². The number of hydrogen-bond donors (Lipinski definition) is 0. The number of hydrogen-bond acceptors (Lipinski definition) is 2. The first-order chi connectivity index (χ1) is 30.8. The number of allylic oxidation sites excluding steroid dienone is 4. The van der Waals surface area contributed by atoms with Gasteiger partial charge in [0, 0.05) is 37.6 Å². The van der Waals surface area contributed by atoms with Gasteiger partial charge in [-0.3, -0.25) is 0 Å². The van der Waals surface area contributed by atoms with Crippen molar-refractivity contribution in [2.45, 2.75) is 51.4 Å². The second kappa shape index (κ2) is 17.0. The van der Waals surface area contributed by atoms with Crippen molar-refractivity contribution in [2.75, 3.05) is 36.0 Å². The van der Waals surface area contributed by atoms with Gasteiger partial charge in [-0.25, -0.2) is 0 Å². The highest BCUT2D eigenvalue weighted by atomic mass is 15.1. The molecule has 11 rings (SSSR count). The van der Waals surface area contributed by atoms with Gasteiger partial charge >= 0.3 is 0 Å². The normalized spacial score (nSPS) is 15.6. The van der Waals surface area contributed by atoms with Gasteiger partial charge in [-0.15, -0.1) is 0 Å². The molecule has 0 unspecified atom stereocenters. The summed E-state index contributed by atoms with van der Waals surface area (Å²) in [6.07, 6.45) is 16.9. The highest BCUT2D eigenvalue weighted by Crippen LogP contribution is 2.48. The summed E-state index contributed by atoms with van der Waals surface area (Å²) in [7, 11) is 0. The van der Waals surface area contributed by atoms with E-state index in [1.54, 1.807) is 0 Å². The fourth-order valence-electron chi connectivity index (χ4n) is 10.6. The number of nitrogens with zero attached hydrogens (tertiary/aromatic N) is 2. The third-order valence-corrected chi connectivity index (χ3v) is 13.7. The number of anilines is 2. The van der Waals surface area contributed by atoms with Crippen LogP contribution in [0.4, 0.5) is 11.4 Å². The Morgan fingerprint density at radius 1 is 0.323 bits per heavy atom. The summed E-state index contributed by atoms with van der Waals surface area (Å²) in [5, 5.41) is 5.25. The van der Waals surface area contributed by atoms with Gasteiger partial charge in [-0.2, -0.15) is 0 Å². The van der Waals surface area contributed by atoms with Gasteiger partial charge in [0.15, 0.2) is 0 Å². The predicted octanol–water partition coefficient (Wildman–Crippen LogP) is 16.0. The zero-order valence-corrected chi connectivity index (χ0v) is 35.7. The average molecular weight is 803 g/mol. The predicted molar refractivity (Wildman–Crippen MR) is 267 cm³/mol. The molecule has 0 aromatic heterocycles. The van der Waals surface area contributed by atoms with E-state index in [2.05, 4.69) is 192 Å². The van der Waals surface area contributed by atoms with Crippen LogP contribution in [0.3, 0.4) is 0 Å². The molecule has 2 saturated heterocycles. The van der Waals surface area contributed by atoms with Crippen molar-refractivity contribution in [1.29, 1.82) is 0 Å². The minimum Gasteiger partial charge on any atom is -0.372 e. The van der Waals surface area contributed by atoms with Crippen molar-refractivity contribution in [3.8, 4) is 55.6 Å². The first-order valence-electron chi connectivity index (χ1n) is 23.1. The van der Waals surface area contributed by atoms with Crippen molar-refractivity contribution < 1.29 is 0 Å². The zero-order valence-electron chi connectivity index (χ0n) is 35.7. The smallest absolute Gasteiger partial charge is 0.0372 e. The molecular formula is C60H54N2. The molecule has 8 aromatic rings. The Labute approximate surface area is 367 Å². The molecule has 0 amide bonds. The summed E-state index contributed by atoms with van der Waals surface area (Å²) in [6, 6.07) is 62.2. The Hall–Kier alpha value is -6.64. The first-order valence-corrected chi connectivity index (χ1v) is 23.1. The molecule has 0 N–H and O–H groups in total. The van der Waals surface area contributed by atoms with Crippen LogP contribution in [0, 0.1) is 0 Å². The van der Waals surface area contributed by atoms with Gasteiger partial charge in [-0.1, -0.05) is 146 Å². The molecule has 0 bridgehead atoms. The molecule has 2 heterocycles. The second-order valence-corrected chi connectivity index (χ2v) is 17.6. The van der Waals surface area contributed by atoms with E-state index >= 15 is 0 Å². The van der Waals surface area contributed by atoms with Crippen molar-refractivity contribution in [3.05, 3.63) is 188 Å². The lowest BCUT2D eigenvalue weighted by Crippen LogP contribution is -2.29. The van der Waals surface area contributed by atoms with Gasteiger partial charge < -0.3 is 9.80 Å². The molecule has 0 saturated carbocycles. The van der Waals surface area contributed by atoms with E-state index in [-0.39, 0.29) is 0 Å². The van der Waals surface area contributed by atoms with E-state index < -0.39 is 0 Å². The molecule has 62 heavy (non-hydrogen) atoms. The van der Waals surface area contributed by atoms with Crippen LogP contribution in [0.15, 0.2) is 182 Å². The van der Waals surface area contributed by atoms with E-state index in [4.69, 9.17) is 0 Å². The van der Waals surface area contributed by atoms with Gasteiger partial charge in [0.1, 0.15) is 0 Å². The van der Waals surface area contributed by atoms with Crippen molar-refractivity contribution in [3.63, 3.8) is 0 Å². The van der Waals surface area contributed by atoms with E-state index in [0.29, 0.717) is 0 Å². The van der Waals surface area contributed by atoms with Crippen LogP contribution in [0.25, 0.3) is 82.8 Å². The van der Waals surface area contributed by atoms with E-state index in [9.17, 15) is 0 Å². The molecule has 8 aromatic carbocycles. The molecule has 304 valence electrons. The monoisotopic (exact) mass is 802 g/mol. The Morgan fingerprint density at radius 3 is 1.24 bits per heavy atom. The number of rotatable bonds is 8. The molecular weight excluding hydrogens is 749 g/mol. The maximum absolute atomic E-state index is 2.62. The number of benzene rings is 8. The average Bonchev–Trinajstić information content (AvgIpc) is 3.36. The largest absolute Gasteiger partial charge is 0.372 e. The maximum Gasteiger partial charge on any atom is 0.0372 e. The molecule has 1 aliphatic carbocycles. The number of piperidine rings is 2. The van der Waals surface area contributed by atoms with Crippen molar-refractivity contribution in [1.82, 2.24) is 0 Å². The van der Waals surface area contributed by atoms with Gasteiger partial charge in [0.05, 0.1) is 0 Å². The molecule has 2 aliphatic heterocycles. The van der Waals surface area contributed by atoms with E-state index in [0.717, 1.165) is 39.0 Å². The highest BCUT2D eigenvalue weighted by molar-refractivity contribution is 6.23. The third kappa shape index (κ3) is 7.32. The lowest BCUT2D eigenvalue weighted by atomic mass is 9.82. The standard InChI is InChI=1S/C60H54N2/c1-7-19-43(20-8-1)51-31-27-47(39-55(51)45-23-11-3-12-24-45)59-53-33-29-50(62-37-17-6-18-38-62)42-58(53)60(54-34-30-49(41-57(54)59)61-35-15-5-16-36-61)48-28-32-52(44-21-9-2-10-22-44)56(40-48)46-25-13-4-14-26-46/h1-3,7-13,19-34,39-42H,4-6,14-18,35-38H2. The highest BCUT2D eigenvalue weighted by Gasteiger charge is 2.23. The van der Waals surface area contributed by atoms with E-state index in [1.165, 1.54) is 138 Å². The lowest BCUT2D eigenvalue weighted by molar-refractivity contribution is 0.578. The molecule has 2 heteroatoms. The van der Waals surface area contributed by atoms with E-state index in [1.807, 2.05) is 0 Å². The Bertz CT molecular complexity index is 2950. The maximum atomic E-state index is 2.62. The number of fused-ring (bicyclic) bond motifs is 2. The summed E-state index contributed by atoms with van der Waals surface area (Å²) >= 11 is 0. The topological polar surface area (TPSA) is 6.48 Å². The van der Waals surface area contributed by atoms with Crippen molar-refractivity contribution in [2.24, 2.45) is 0 Å². The molecule has 0 radical (unpaired) electrons. The minimum atomic E-state index is 1.07. The summed E-state index contributed by atoms with van der Waals surface area (Å²) in [5.41, 5.74) is 18.0.